The summed E-state index contributed by atoms with van der Waals surface area (Å²) in [5.41, 5.74) is 3.41. The lowest BCUT2D eigenvalue weighted by atomic mass is 10.1. The smallest absolute Gasteiger partial charge is 0.239 e. The van der Waals surface area contributed by atoms with Crippen LogP contribution in [0.2, 0.25) is 0 Å². The molecule has 1 atom stereocenters. The van der Waals surface area contributed by atoms with E-state index in [9.17, 15) is 13.2 Å². The van der Waals surface area contributed by atoms with Crippen LogP contribution in [0.25, 0.3) is 16.9 Å². The average Bonchev–Trinajstić information content (AvgIpc) is 3.27. The highest BCUT2D eigenvalue weighted by atomic mass is 32.2. The number of nitrogens with one attached hydrogen (secondary N) is 1. The number of amides is 1. The second-order valence-electron chi connectivity index (χ2n) is 8.28. The molecule has 1 unspecified atom stereocenters. The molecule has 1 amide bonds. The SMILES string of the molecule is CC(c1ccc(S(N)(=O)=O)cc1)N(C)CC(=O)Nc1cc(-c2ccccc2)nn1-c1ccccc1. The zero-order valence-corrected chi connectivity index (χ0v) is 20.3. The molecule has 0 fully saturated rings. The summed E-state index contributed by atoms with van der Waals surface area (Å²) in [7, 11) is -1.92. The third-order valence-corrected chi connectivity index (χ3v) is 6.72. The lowest BCUT2D eigenvalue weighted by Crippen LogP contribution is -2.32. The maximum Gasteiger partial charge on any atom is 0.239 e. The number of likely N-dealkylation sites (N-methyl/N-ethyl adjacent to an activating group) is 1. The molecule has 3 aromatic carbocycles. The summed E-state index contributed by atoms with van der Waals surface area (Å²) >= 11 is 0. The zero-order valence-electron chi connectivity index (χ0n) is 19.5. The van der Waals surface area contributed by atoms with Crippen molar-refractivity contribution in [3.8, 4) is 16.9 Å². The van der Waals surface area contributed by atoms with Gasteiger partial charge in [-0.1, -0.05) is 60.7 Å². The van der Waals surface area contributed by atoms with Gasteiger partial charge in [-0.2, -0.15) is 5.10 Å². The standard InChI is InChI=1S/C26H27N5O3S/c1-19(20-13-15-23(16-14-20)35(27,33)34)30(2)18-26(32)28-25-17-24(21-9-5-3-6-10-21)29-31(25)22-11-7-4-8-12-22/h3-17,19H,18H2,1-2H3,(H,28,32)(H2,27,33,34). The Kier molecular flexibility index (Phi) is 7.11. The van der Waals surface area contributed by atoms with Crippen LogP contribution in [0.5, 0.6) is 0 Å². The number of para-hydroxylation sites is 1. The van der Waals surface area contributed by atoms with Crippen molar-refractivity contribution >= 4 is 21.7 Å². The predicted octanol–water partition coefficient (Wildman–Crippen LogP) is 3.82. The number of aromatic nitrogens is 2. The number of primary sulfonamides is 1. The molecule has 9 heteroatoms. The van der Waals surface area contributed by atoms with Gasteiger partial charge in [0.1, 0.15) is 5.82 Å². The molecule has 0 bridgehead atoms. The van der Waals surface area contributed by atoms with Crippen LogP contribution in [0.3, 0.4) is 0 Å². The molecule has 3 N–H and O–H groups in total. The molecule has 4 rings (SSSR count). The molecule has 1 heterocycles. The first-order valence-electron chi connectivity index (χ1n) is 11.1. The third kappa shape index (κ3) is 5.83. The summed E-state index contributed by atoms with van der Waals surface area (Å²) in [5.74, 6) is 0.371. The van der Waals surface area contributed by atoms with Gasteiger partial charge in [0.15, 0.2) is 0 Å². The van der Waals surface area contributed by atoms with Crippen molar-refractivity contribution in [3.63, 3.8) is 0 Å². The number of nitrogens with zero attached hydrogens (tertiary/aromatic N) is 3. The number of hydrogen-bond acceptors (Lipinski definition) is 5. The van der Waals surface area contributed by atoms with Crippen molar-refractivity contribution in [2.24, 2.45) is 5.14 Å². The van der Waals surface area contributed by atoms with Gasteiger partial charge in [-0.25, -0.2) is 18.2 Å². The number of carbonyl (C=O) groups excluding carboxylic acids is 1. The van der Waals surface area contributed by atoms with Gasteiger partial charge in [-0.15, -0.1) is 0 Å². The van der Waals surface area contributed by atoms with E-state index in [2.05, 4.69) is 5.32 Å². The van der Waals surface area contributed by atoms with E-state index in [1.54, 1.807) is 16.8 Å². The number of rotatable bonds is 8. The number of nitrogens with two attached hydrogens (primary N) is 1. The third-order valence-electron chi connectivity index (χ3n) is 5.79. The number of carbonyl (C=O) groups is 1. The van der Waals surface area contributed by atoms with Crippen LogP contribution in [-0.4, -0.2) is 42.6 Å². The van der Waals surface area contributed by atoms with E-state index in [4.69, 9.17) is 10.2 Å². The minimum absolute atomic E-state index is 0.0530. The summed E-state index contributed by atoms with van der Waals surface area (Å²) < 4.78 is 24.7. The Bertz CT molecular complexity index is 1400. The van der Waals surface area contributed by atoms with Crippen LogP contribution < -0.4 is 10.5 Å². The summed E-state index contributed by atoms with van der Waals surface area (Å²) in [4.78, 5) is 14.9. The van der Waals surface area contributed by atoms with E-state index in [1.165, 1.54) is 12.1 Å². The lowest BCUT2D eigenvalue weighted by Gasteiger charge is -2.24. The van der Waals surface area contributed by atoms with E-state index in [-0.39, 0.29) is 23.4 Å². The van der Waals surface area contributed by atoms with Crippen molar-refractivity contribution in [1.29, 1.82) is 0 Å². The van der Waals surface area contributed by atoms with Crippen molar-refractivity contribution < 1.29 is 13.2 Å². The molecule has 0 aliphatic heterocycles. The largest absolute Gasteiger partial charge is 0.309 e. The summed E-state index contributed by atoms with van der Waals surface area (Å²) in [6, 6.07) is 27.5. The highest BCUT2D eigenvalue weighted by Gasteiger charge is 2.18. The Morgan fingerprint density at radius 2 is 1.60 bits per heavy atom. The Labute approximate surface area is 205 Å². The van der Waals surface area contributed by atoms with Gasteiger partial charge in [-0.05, 0) is 43.8 Å². The fourth-order valence-corrected chi connectivity index (χ4v) is 4.24. The molecule has 0 saturated carbocycles. The van der Waals surface area contributed by atoms with Crippen LogP contribution in [-0.2, 0) is 14.8 Å². The summed E-state index contributed by atoms with van der Waals surface area (Å²) in [6.07, 6.45) is 0. The summed E-state index contributed by atoms with van der Waals surface area (Å²) in [6.45, 7) is 2.07. The van der Waals surface area contributed by atoms with Gasteiger partial charge in [0.05, 0.1) is 22.8 Å². The highest BCUT2D eigenvalue weighted by Crippen LogP contribution is 2.25. The van der Waals surface area contributed by atoms with Crippen LogP contribution in [0.15, 0.2) is 95.9 Å². The maximum atomic E-state index is 13.0. The number of sulfonamides is 1. The van der Waals surface area contributed by atoms with E-state index < -0.39 is 10.0 Å². The van der Waals surface area contributed by atoms with Crippen molar-refractivity contribution in [2.75, 3.05) is 18.9 Å². The maximum absolute atomic E-state index is 13.0. The van der Waals surface area contributed by atoms with Gasteiger partial charge in [0, 0.05) is 17.7 Å². The normalized spacial score (nSPS) is 12.5. The molecule has 0 spiro atoms. The molecule has 1 aromatic heterocycles. The first-order valence-corrected chi connectivity index (χ1v) is 12.6. The number of hydrogen-bond donors (Lipinski definition) is 2. The first kappa shape index (κ1) is 24.3. The molecule has 0 aliphatic carbocycles. The second-order valence-corrected chi connectivity index (χ2v) is 9.84. The van der Waals surface area contributed by atoms with Gasteiger partial charge < -0.3 is 5.32 Å². The van der Waals surface area contributed by atoms with E-state index in [1.807, 2.05) is 85.6 Å². The molecule has 8 nitrogen and oxygen atoms in total. The first-order chi connectivity index (χ1) is 16.7. The minimum atomic E-state index is -3.75. The molecule has 0 saturated heterocycles. The van der Waals surface area contributed by atoms with Gasteiger partial charge in [-0.3, -0.25) is 9.69 Å². The average molecular weight is 490 g/mol. The number of benzene rings is 3. The van der Waals surface area contributed by atoms with E-state index in [0.717, 1.165) is 22.5 Å². The zero-order chi connectivity index (χ0) is 25.0. The van der Waals surface area contributed by atoms with E-state index in [0.29, 0.717) is 5.82 Å². The Morgan fingerprint density at radius 1 is 1.00 bits per heavy atom. The Balaban J connectivity index is 1.51. The van der Waals surface area contributed by atoms with Gasteiger partial charge in [0.2, 0.25) is 15.9 Å². The van der Waals surface area contributed by atoms with Gasteiger partial charge in [0.25, 0.3) is 0 Å². The second kappa shape index (κ2) is 10.2. The van der Waals surface area contributed by atoms with Gasteiger partial charge >= 0.3 is 0 Å². The van der Waals surface area contributed by atoms with Crippen molar-refractivity contribution in [3.05, 3.63) is 96.6 Å². The number of anilines is 1. The topological polar surface area (TPSA) is 110 Å². The Hall–Kier alpha value is -3.79. The fourth-order valence-electron chi connectivity index (χ4n) is 3.72. The minimum Gasteiger partial charge on any atom is -0.309 e. The van der Waals surface area contributed by atoms with Crippen molar-refractivity contribution in [2.45, 2.75) is 17.9 Å². The predicted molar refractivity (Wildman–Crippen MR) is 136 cm³/mol. The molecule has 35 heavy (non-hydrogen) atoms. The molecule has 0 aliphatic rings. The molecular formula is C26H27N5O3S. The van der Waals surface area contributed by atoms with Crippen LogP contribution in [0, 0.1) is 0 Å². The molecule has 180 valence electrons. The fraction of sp³-hybridized carbons (Fsp3) is 0.154. The van der Waals surface area contributed by atoms with Crippen molar-refractivity contribution in [1.82, 2.24) is 14.7 Å². The van der Waals surface area contributed by atoms with E-state index >= 15 is 0 Å². The monoisotopic (exact) mass is 489 g/mol. The highest BCUT2D eigenvalue weighted by molar-refractivity contribution is 7.89. The molecule has 4 aromatic rings. The Morgan fingerprint density at radius 3 is 2.20 bits per heavy atom. The lowest BCUT2D eigenvalue weighted by molar-refractivity contribution is -0.117. The van der Waals surface area contributed by atoms with Crippen LogP contribution in [0.1, 0.15) is 18.5 Å². The van der Waals surface area contributed by atoms with Crippen LogP contribution >= 0.6 is 0 Å². The molecule has 0 radical (unpaired) electrons. The molecular weight excluding hydrogens is 462 g/mol. The quantitative estimate of drug-likeness (QED) is 0.391. The summed E-state index contributed by atoms with van der Waals surface area (Å²) in [5, 5.41) is 12.9. The van der Waals surface area contributed by atoms with Crippen LogP contribution in [0.4, 0.5) is 5.82 Å².